The average molecular weight is 294 g/mol. The number of aromatic nitrogens is 2. The Kier molecular flexibility index (Phi) is 4.11. The van der Waals surface area contributed by atoms with Crippen molar-refractivity contribution in [1.82, 2.24) is 9.97 Å². The Balaban J connectivity index is 1.74. The minimum Gasteiger partial charge on any atom is -0.342 e. The van der Waals surface area contributed by atoms with Gasteiger partial charge in [-0.2, -0.15) is 0 Å². The smallest absolute Gasteiger partial charge is 0.137 e. The number of H-pyrrole nitrogens is 1. The van der Waals surface area contributed by atoms with Crippen molar-refractivity contribution < 1.29 is 0 Å². The number of benzene rings is 2. The number of thioether (sulfide) groups is 1. The van der Waals surface area contributed by atoms with Gasteiger partial charge in [0.25, 0.3) is 0 Å². The molecule has 2 aromatic carbocycles. The van der Waals surface area contributed by atoms with Gasteiger partial charge in [-0.1, -0.05) is 48.0 Å². The van der Waals surface area contributed by atoms with Crippen LogP contribution in [0, 0.1) is 13.8 Å². The minimum atomic E-state index is 0.887. The van der Waals surface area contributed by atoms with Crippen LogP contribution < -0.4 is 0 Å². The van der Waals surface area contributed by atoms with Gasteiger partial charge >= 0.3 is 0 Å². The van der Waals surface area contributed by atoms with E-state index in [0.717, 1.165) is 28.5 Å². The maximum atomic E-state index is 4.74. The van der Waals surface area contributed by atoms with Crippen molar-refractivity contribution in [2.24, 2.45) is 0 Å². The van der Waals surface area contributed by atoms with Crippen molar-refractivity contribution in [1.29, 1.82) is 0 Å². The Morgan fingerprint density at radius 1 is 0.952 bits per heavy atom. The molecule has 21 heavy (non-hydrogen) atoms. The second kappa shape index (κ2) is 6.19. The molecule has 0 unspecified atom stereocenters. The lowest BCUT2D eigenvalue weighted by molar-refractivity contribution is 1.19. The second-order valence-corrected chi connectivity index (χ2v) is 6.17. The van der Waals surface area contributed by atoms with E-state index in [0.29, 0.717) is 0 Å². The van der Waals surface area contributed by atoms with Crippen LogP contribution in [0.4, 0.5) is 0 Å². The third-order valence-corrected chi connectivity index (χ3v) is 4.45. The molecule has 3 heteroatoms. The number of hydrogen-bond acceptors (Lipinski definition) is 2. The van der Waals surface area contributed by atoms with Gasteiger partial charge in [-0.25, -0.2) is 4.98 Å². The molecule has 0 aliphatic heterocycles. The quantitative estimate of drug-likeness (QED) is 0.687. The third kappa shape index (κ3) is 3.37. The van der Waals surface area contributed by atoms with E-state index < -0.39 is 0 Å². The molecule has 0 spiro atoms. The van der Waals surface area contributed by atoms with E-state index in [9.17, 15) is 0 Å². The topological polar surface area (TPSA) is 28.7 Å². The number of aryl methyl sites for hydroxylation is 2. The predicted molar refractivity (Wildman–Crippen MR) is 89.5 cm³/mol. The molecular formula is C18H18N2S. The van der Waals surface area contributed by atoms with Gasteiger partial charge in [0.05, 0.1) is 5.69 Å². The van der Waals surface area contributed by atoms with Crippen molar-refractivity contribution in [3.63, 3.8) is 0 Å². The summed E-state index contributed by atoms with van der Waals surface area (Å²) in [5.74, 6) is 1.84. The van der Waals surface area contributed by atoms with Crippen molar-refractivity contribution in [3.8, 4) is 11.4 Å². The summed E-state index contributed by atoms with van der Waals surface area (Å²) < 4.78 is 0. The zero-order valence-electron chi connectivity index (χ0n) is 12.3. The number of nitrogens with one attached hydrogen (secondary N) is 1. The summed E-state index contributed by atoms with van der Waals surface area (Å²) in [5.41, 5.74) is 4.70. The molecule has 0 aliphatic rings. The molecule has 3 rings (SSSR count). The van der Waals surface area contributed by atoms with E-state index in [1.165, 1.54) is 10.5 Å². The number of imidazole rings is 1. The van der Waals surface area contributed by atoms with Crippen molar-refractivity contribution in [2.75, 3.05) is 0 Å². The summed E-state index contributed by atoms with van der Waals surface area (Å²) in [7, 11) is 0. The number of nitrogens with zero attached hydrogens (tertiary/aromatic N) is 1. The highest BCUT2D eigenvalue weighted by molar-refractivity contribution is 7.98. The number of aromatic amines is 1. The summed E-state index contributed by atoms with van der Waals surface area (Å²) in [6.45, 7) is 4.20. The summed E-state index contributed by atoms with van der Waals surface area (Å²) >= 11 is 1.82. The molecule has 0 amide bonds. The molecule has 0 radical (unpaired) electrons. The van der Waals surface area contributed by atoms with Gasteiger partial charge in [0.2, 0.25) is 0 Å². The molecule has 0 saturated heterocycles. The zero-order chi connectivity index (χ0) is 14.7. The fraction of sp³-hybridized carbons (Fsp3) is 0.167. The highest BCUT2D eigenvalue weighted by Crippen LogP contribution is 2.25. The Hall–Kier alpha value is -2.00. The number of hydrogen-bond donors (Lipinski definition) is 1. The highest BCUT2D eigenvalue weighted by atomic mass is 32.2. The molecule has 2 nitrogen and oxygen atoms in total. The van der Waals surface area contributed by atoms with Crippen LogP contribution >= 0.6 is 11.8 Å². The Morgan fingerprint density at radius 2 is 1.67 bits per heavy atom. The lowest BCUT2D eigenvalue weighted by Crippen LogP contribution is -1.85. The van der Waals surface area contributed by atoms with Crippen LogP contribution in [0.2, 0.25) is 0 Å². The lowest BCUT2D eigenvalue weighted by atomic mass is 10.2. The standard InChI is InChI=1S/C18H18N2S/c1-13-8-10-16(11-9-13)21-12-17-14(2)19-18(20-17)15-6-4-3-5-7-15/h3-11H,12H2,1-2H3,(H,19,20). The van der Waals surface area contributed by atoms with Gasteiger partial charge in [-0.3, -0.25) is 0 Å². The normalized spacial score (nSPS) is 10.8. The van der Waals surface area contributed by atoms with E-state index in [1.54, 1.807) is 0 Å². The van der Waals surface area contributed by atoms with E-state index in [-0.39, 0.29) is 0 Å². The Labute approximate surface area is 129 Å². The van der Waals surface area contributed by atoms with Crippen LogP contribution in [-0.4, -0.2) is 9.97 Å². The first-order valence-electron chi connectivity index (χ1n) is 7.03. The van der Waals surface area contributed by atoms with Crippen LogP contribution in [0.5, 0.6) is 0 Å². The largest absolute Gasteiger partial charge is 0.342 e. The van der Waals surface area contributed by atoms with E-state index in [4.69, 9.17) is 4.98 Å². The van der Waals surface area contributed by atoms with E-state index in [1.807, 2.05) is 30.0 Å². The first kappa shape index (κ1) is 14.0. The molecule has 106 valence electrons. The van der Waals surface area contributed by atoms with Crippen LogP contribution in [0.25, 0.3) is 11.4 Å². The molecule has 0 saturated carbocycles. The molecule has 3 aromatic rings. The first-order valence-corrected chi connectivity index (χ1v) is 8.01. The molecule has 0 aliphatic carbocycles. The van der Waals surface area contributed by atoms with Crippen molar-refractivity contribution >= 4 is 11.8 Å². The van der Waals surface area contributed by atoms with Crippen molar-refractivity contribution in [3.05, 3.63) is 71.5 Å². The summed E-state index contributed by atoms with van der Waals surface area (Å²) in [4.78, 5) is 9.40. The fourth-order valence-electron chi connectivity index (χ4n) is 2.16. The molecular weight excluding hydrogens is 276 g/mol. The van der Waals surface area contributed by atoms with Gasteiger partial charge in [-0.15, -0.1) is 11.8 Å². The lowest BCUT2D eigenvalue weighted by Gasteiger charge is -2.01. The summed E-state index contributed by atoms with van der Waals surface area (Å²) in [6, 6.07) is 18.9. The third-order valence-electron chi connectivity index (χ3n) is 3.43. The van der Waals surface area contributed by atoms with E-state index in [2.05, 4.69) is 55.2 Å². The SMILES string of the molecule is Cc1ccc(SCc2nc(-c3ccccc3)[nH]c2C)cc1. The molecule has 1 aromatic heterocycles. The first-order chi connectivity index (χ1) is 10.2. The molecule has 0 atom stereocenters. The van der Waals surface area contributed by atoms with Gasteiger partial charge < -0.3 is 4.98 Å². The monoisotopic (exact) mass is 294 g/mol. The Bertz CT molecular complexity index is 715. The van der Waals surface area contributed by atoms with Crippen LogP contribution in [-0.2, 0) is 5.75 Å². The van der Waals surface area contributed by atoms with Gasteiger partial charge in [0.15, 0.2) is 0 Å². The summed E-state index contributed by atoms with van der Waals surface area (Å²) in [5, 5.41) is 0. The average Bonchev–Trinajstić information content (AvgIpc) is 2.89. The predicted octanol–water partition coefficient (Wildman–Crippen LogP) is 4.99. The maximum absolute atomic E-state index is 4.74. The minimum absolute atomic E-state index is 0.887. The Morgan fingerprint density at radius 3 is 2.38 bits per heavy atom. The number of rotatable bonds is 4. The second-order valence-electron chi connectivity index (χ2n) is 5.12. The zero-order valence-corrected chi connectivity index (χ0v) is 13.1. The maximum Gasteiger partial charge on any atom is 0.137 e. The highest BCUT2D eigenvalue weighted by Gasteiger charge is 2.08. The van der Waals surface area contributed by atoms with Gasteiger partial charge in [0.1, 0.15) is 5.82 Å². The van der Waals surface area contributed by atoms with Crippen LogP contribution in [0.15, 0.2) is 59.5 Å². The van der Waals surface area contributed by atoms with Gasteiger partial charge in [-0.05, 0) is 26.0 Å². The molecule has 1 N–H and O–H groups in total. The summed E-state index contributed by atoms with van der Waals surface area (Å²) in [6.07, 6.45) is 0. The molecule has 0 bridgehead atoms. The van der Waals surface area contributed by atoms with Crippen molar-refractivity contribution in [2.45, 2.75) is 24.5 Å². The molecule has 1 heterocycles. The van der Waals surface area contributed by atoms with Crippen LogP contribution in [0.1, 0.15) is 17.0 Å². The van der Waals surface area contributed by atoms with Gasteiger partial charge in [0, 0.05) is 21.9 Å². The fourth-order valence-corrected chi connectivity index (χ4v) is 3.07. The van der Waals surface area contributed by atoms with Crippen LogP contribution in [0.3, 0.4) is 0 Å². The van der Waals surface area contributed by atoms with E-state index >= 15 is 0 Å². The molecule has 0 fully saturated rings.